The predicted molar refractivity (Wildman–Crippen MR) is 66.4 cm³/mol. The van der Waals surface area contributed by atoms with Crippen LogP contribution in [0.5, 0.6) is 0 Å². The highest BCUT2D eigenvalue weighted by Crippen LogP contribution is 2.37. The molecule has 1 amide bonds. The second-order valence-electron chi connectivity index (χ2n) is 5.53. The Bertz CT molecular complexity index is 283. The van der Waals surface area contributed by atoms with Crippen molar-refractivity contribution in [2.75, 3.05) is 6.61 Å². The maximum Gasteiger partial charge on any atom is 0.220 e. The highest BCUT2D eigenvalue weighted by Gasteiger charge is 2.50. The molecule has 5 atom stereocenters. The van der Waals surface area contributed by atoms with E-state index in [1.54, 1.807) is 0 Å². The molecule has 2 fully saturated rings. The average molecular weight is 240 g/mol. The summed E-state index contributed by atoms with van der Waals surface area (Å²) < 4.78 is 5.70. The minimum absolute atomic E-state index is 0.0388. The van der Waals surface area contributed by atoms with Crippen molar-refractivity contribution in [1.82, 2.24) is 5.32 Å². The van der Waals surface area contributed by atoms with Crippen LogP contribution < -0.4 is 11.1 Å². The molecule has 0 radical (unpaired) electrons. The summed E-state index contributed by atoms with van der Waals surface area (Å²) in [4.78, 5) is 11.8. The summed E-state index contributed by atoms with van der Waals surface area (Å²) >= 11 is 0. The van der Waals surface area contributed by atoms with E-state index in [0.29, 0.717) is 18.3 Å². The van der Waals surface area contributed by atoms with Crippen molar-refractivity contribution in [2.45, 2.75) is 57.7 Å². The quantitative estimate of drug-likeness (QED) is 0.772. The molecule has 2 rings (SSSR count). The first kappa shape index (κ1) is 12.8. The lowest BCUT2D eigenvalue weighted by molar-refractivity contribution is -0.139. The Balaban J connectivity index is 1.81. The van der Waals surface area contributed by atoms with E-state index in [9.17, 15) is 4.79 Å². The van der Waals surface area contributed by atoms with Gasteiger partial charge in [-0.05, 0) is 18.8 Å². The minimum Gasteiger partial charge on any atom is -0.376 e. The van der Waals surface area contributed by atoms with E-state index >= 15 is 0 Å². The van der Waals surface area contributed by atoms with Gasteiger partial charge in [0.1, 0.15) is 0 Å². The molecule has 1 aliphatic carbocycles. The van der Waals surface area contributed by atoms with Gasteiger partial charge in [-0.2, -0.15) is 0 Å². The number of fused-ring (bicyclic) bond motifs is 1. The van der Waals surface area contributed by atoms with Gasteiger partial charge in [0.25, 0.3) is 0 Å². The van der Waals surface area contributed by atoms with Crippen LogP contribution in [0.2, 0.25) is 0 Å². The molecule has 4 heteroatoms. The first-order valence-electron chi connectivity index (χ1n) is 6.80. The molecule has 3 N–H and O–H groups in total. The Kier molecular flexibility index (Phi) is 4.05. The Morgan fingerprint density at radius 2 is 2.35 bits per heavy atom. The molecule has 0 aromatic carbocycles. The molecule has 98 valence electrons. The third-order valence-corrected chi connectivity index (χ3v) is 4.24. The molecule has 2 aliphatic rings. The van der Waals surface area contributed by atoms with Crippen molar-refractivity contribution in [3.05, 3.63) is 0 Å². The molecule has 0 aromatic rings. The van der Waals surface area contributed by atoms with Gasteiger partial charge >= 0.3 is 0 Å². The van der Waals surface area contributed by atoms with Crippen molar-refractivity contribution in [2.24, 2.45) is 17.6 Å². The fourth-order valence-electron chi connectivity index (χ4n) is 2.83. The van der Waals surface area contributed by atoms with Crippen molar-refractivity contribution < 1.29 is 9.53 Å². The van der Waals surface area contributed by atoms with E-state index in [-0.39, 0.29) is 24.1 Å². The van der Waals surface area contributed by atoms with Gasteiger partial charge in [0.15, 0.2) is 0 Å². The summed E-state index contributed by atoms with van der Waals surface area (Å²) in [6.07, 6.45) is 4.04. The van der Waals surface area contributed by atoms with E-state index < -0.39 is 0 Å². The lowest BCUT2D eigenvalue weighted by Crippen LogP contribution is -2.72. The van der Waals surface area contributed by atoms with Crippen LogP contribution in [-0.4, -0.2) is 30.7 Å². The van der Waals surface area contributed by atoms with Crippen LogP contribution in [0.4, 0.5) is 0 Å². The van der Waals surface area contributed by atoms with Crippen LogP contribution in [0.25, 0.3) is 0 Å². The lowest BCUT2D eigenvalue weighted by Gasteiger charge is -2.52. The molecule has 17 heavy (non-hydrogen) atoms. The fraction of sp³-hybridized carbons (Fsp3) is 0.923. The summed E-state index contributed by atoms with van der Waals surface area (Å²) in [5.74, 6) is 1.01. The molecule has 4 nitrogen and oxygen atoms in total. The Labute approximate surface area is 103 Å². The highest BCUT2D eigenvalue weighted by atomic mass is 16.5. The zero-order valence-corrected chi connectivity index (χ0v) is 10.8. The Morgan fingerprint density at radius 3 is 3.06 bits per heavy atom. The summed E-state index contributed by atoms with van der Waals surface area (Å²) in [6.45, 7) is 5.01. The second-order valence-corrected chi connectivity index (χ2v) is 5.53. The zero-order valence-electron chi connectivity index (χ0n) is 10.8. The van der Waals surface area contributed by atoms with Gasteiger partial charge < -0.3 is 15.8 Å². The molecular formula is C13H24N2O2. The highest BCUT2D eigenvalue weighted by molar-refractivity contribution is 5.76. The van der Waals surface area contributed by atoms with E-state index in [2.05, 4.69) is 19.2 Å². The number of carbonyl (C=O) groups is 1. The van der Waals surface area contributed by atoms with Gasteiger partial charge in [0.2, 0.25) is 5.91 Å². The van der Waals surface area contributed by atoms with E-state index in [1.807, 2.05) is 0 Å². The van der Waals surface area contributed by atoms with Gasteiger partial charge in [-0.3, -0.25) is 4.79 Å². The SMILES string of the molecule is CCC(C)CC(=O)NC1C(N)C2CCCOC21. The maximum absolute atomic E-state index is 11.8. The Morgan fingerprint density at radius 1 is 1.59 bits per heavy atom. The molecular weight excluding hydrogens is 216 g/mol. The number of ether oxygens (including phenoxy) is 1. The smallest absolute Gasteiger partial charge is 0.220 e. The van der Waals surface area contributed by atoms with Crippen LogP contribution in [0.15, 0.2) is 0 Å². The molecule has 1 heterocycles. The number of hydrogen-bond acceptors (Lipinski definition) is 3. The van der Waals surface area contributed by atoms with Gasteiger partial charge in [0.05, 0.1) is 12.1 Å². The van der Waals surface area contributed by atoms with Crippen molar-refractivity contribution in [3.63, 3.8) is 0 Å². The van der Waals surface area contributed by atoms with Gasteiger partial charge in [-0.15, -0.1) is 0 Å². The number of carbonyl (C=O) groups excluding carboxylic acids is 1. The number of nitrogens with two attached hydrogens (primary N) is 1. The monoisotopic (exact) mass is 240 g/mol. The van der Waals surface area contributed by atoms with Crippen molar-refractivity contribution >= 4 is 5.91 Å². The second kappa shape index (κ2) is 5.36. The van der Waals surface area contributed by atoms with Crippen LogP contribution in [-0.2, 0) is 9.53 Å². The van der Waals surface area contributed by atoms with Crippen LogP contribution in [0, 0.1) is 11.8 Å². The predicted octanol–water partition coefficient (Wildman–Crippen LogP) is 1.04. The summed E-state index contributed by atoms with van der Waals surface area (Å²) in [5, 5.41) is 3.04. The third kappa shape index (κ3) is 2.63. The third-order valence-electron chi connectivity index (χ3n) is 4.24. The molecule has 0 spiro atoms. The van der Waals surface area contributed by atoms with Crippen molar-refractivity contribution in [1.29, 1.82) is 0 Å². The largest absolute Gasteiger partial charge is 0.376 e. The summed E-state index contributed by atoms with van der Waals surface area (Å²) in [5.41, 5.74) is 6.09. The standard InChI is InChI=1S/C13H24N2O2/c1-3-8(2)7-10(16)15-12-11(14)9-5-4-6-17-13(9)12/h8-9,11-13H,3-7,14H2,1-2H3,(H,15,16). The molecule has 5 unspecified atom stereocenters. The van der Waals surface area contributed by atoms with Crippen LogP contribution in [0.3, 0.4) is 0 Å². The first-order valence-corrected chi connectivity index (χ1v) is 6.80. The molecule has 1 aliphatic heterocycles. The summed E-state index contributed by atoms with van der Waals surface area (Å²) in [6, 6.07) is 0.123. The van der Waals surface area contributed by atoms with E-state index in [4.69, 9.17) is 10.5 Å². The van der Waals surface area contributed by atoms with Crippen LogP contribution >= 0.6 is 0 Å². The van der Waals surface area contributed by atoms with Gasteiger partial charge in [0, 0.05) is 25.0 Å². The minimum atomic E-state index is 0.0388. The number of amides is 1. The fourth-order valence-corrected chi connectivity index (χ4v) is 2.83. The van der Waals surface area contributed by atoms with E-state index in [0.717, 1.165) is 25.9 Å². The number of rotatable bonds is 4. The molecule has 1 saturated heterocycles. The summed E-state index contributed by atoms with van der Waals surface area (Å²) in [7, 11) is 0. The first-order chi connectivity index (χ1) is 8.13. The zero-order chi connectivity index (χ0) is 12.4. The average Bonchev–Trinajstić information content (AvgIpc) is 2.35. The maximum atomic E-state index is 11.8. The van der Waals surface area contributed by atoms with E-state index in [1.165, 1.54) is 0 Å². The lowest BCUT2D eigenvalue weighted by atomic mass is 9.68. The normalized spacial score (nSPS) is 37.8. The van der Waals surface area contributed by atoms with Gasteiger partial charge in [-0.25, -0.2) is 0 Å². The Hall–Kier alpha value is -0.610. The molecule has 1 saturated carbocycles. The van der Waals surface area contributed by atoms with Gasteiger partial charge in [-0.1, -0.05) is 20.3 Å². The number of hydrogen-bond donors (Lipinski definition) is 2. The molecule has 0 aromatic heterocycles. The number of nitrogens with one attached hydrogen (secondary N) is 1. The van der Waals surface area contributed by atoms with Crippen LogP contribution in [0.1, 0.15) is 39.5 Å². The van der Waals surface area contributed by atoms with Crippen molar-refractivity contribution in [3.8, 4) is 0 Å². The molecule has 0 bridgehead atoms. The topological polar surface area (TPSA) is 64.4 Å².